The summed E-state index contributed by atoms with van der Waals surface area (Å²) in [6.45, 7) is 10.7. The molecule has 0 bridgehead atoms. The molecule has 0 saturated carbocycles. The molecule has 11 heterocycles. The highest BCUT2D eigenvalue weighted by atomic mass is 32.1. The van der Waals surface area contributed by atoms with Crippen LogP contribution in [0.1, 0.15) is 76.5 Å². The smallest absolute Gasteiger partial charge is 0.334 e. The molecule has 0 spiro atoms. The van der Waals surface area contributed by atoms with Crippen LogP contribution in [0.2, 0.25) is 0 Å². The highest BCUT2D eigenvalue weighted by Crippen LogP contribution is 2.30. The summed E-state index contributed by atoms with van der Waals surface area (Å²) in [5, 5.41) is 47.0. The van der Waals surface area contributed by atoms with Gasteiger partial charge in [0.2, 0.25) is 6.29 Å². The van der Waals surface area contributed by atoms with Gasteiger partial charge in [0, 0.05) is 89.7 Å². The van der Waals surface area contributed by atoms with Crippen molar-refractivity contribution in [2.24, 2.45) is 0 Å². The Morgan fingerprint density at radius 3 is 1.02 bits per heavy atom. The molecule has 2 saturated heterocycles. The van der Waals surface area contributed by atoms with E-state index in [1.54, 1.807) is 59.2 Å². The van der Waals surface area contributed by atoms with Gasteiger partial charge in [-0.25, -0.2) is 48.4 Å². The zero-order chi connectivity index (χ0) is 82.8. The highest BCUT2D eigenvalue weighted by molar-refractivity contribution is 7.11. The van der Waals surface area contributed by atoms with Crippen LogP contribution < -0.4 is 22.2 Å². The summed E-state index contributed by atoms with van der Waals surface area (Å²) in [5.74, 6) is -1.38. The average Bonchev–Trinajstić information content (AvgIpc) is 0.940. The summed E-state index contributed by atoms with van der Waals surface area (Å²) in [7, 11) is 0. The Bertz CT molecular complexity index is 6810. The molecule has 8 aromatic carbocycles. The summed E-state index contributed by atoms with van der Waals surface area (Å²) in [5.41, 5.74) is 14.6. The molecular weight excluding hydrogens is 1610 g/mol. The third kappa shape index (κ3) is 19.3. The number of aryl methyl sites for hydroxylation is 4. The Balaban J connectivity index is 0.000000119. The summed E-state index contributed by atoms with van der Waals surface area (Å²) in [6, 6.07) is 62.3. The van der Waals surface area contributed by atoms with Crippen LogP contribution in [0.25, 0.3) is 88.1 Å². The number of thiazole rings is 5. The van der Waals surface area contributed by atoms with Crippen molar-refractivity contribution in [2.45, 2.75) is 98.6 Å². The number of benzene rings is 8. The normalized spacial score (nSPS) is 13.4. The molecular formula is C91H77N13O11S5. The second kappa shape index (κ2) is 37.1. The third-order valence-electron chi connectivity index (χ3n) is 19.9. The van der Waals surface area contributed by atoms with Gasteiger partial charge >= 0.3 is 11.9 Å². The second-order valence-electron chi connectivity index (χ2n) is 28.6. The van der Waals surface area contributed by atoms with Crippen molar-refractivity contribution in [3.05, 3.63) is 339 Å². The molecule has 1 atom stereocenters. The molecule has 17 aromatic rings. The Morgan fingerprint density at radius 1 is 0.383 bits per heavy atom. The maximum atomic E-state index is 13.1. The molecule has 2 fully saturated rings. The first kappa shape index (κ1) is 81.1. The van der Waals surface area contributed by atoms with Gasteiger partial charge < -0.3 is 24.1 Å². The van der Waals surface area contributed by atoms with Crippen molar-refractivity contribution in [2.75, 3.05) is 19.8 Å². The van der Waals surface area contributed by atoms with Crippen LogP contribution in [0.4, 0.5) is 0 Å². The number of hydrogen-bond donors (Lipinski definition) is 1. The first-order valence-electron chi connectivity index (χ1n) is 38.6. The number of carbonyl (C=O) groups excluding carboxylic acids is 1. The Kier molecular flexibility index (Phi) is 25.0. The van der Waals surface area contributed by atoms with E-state index >= 15 is 0 Å². The number of carboxylic acid groups (broad SMARTS) is 1. The lowest BCUT2D eigenvalue weighted by molar-refractivity contribution is -0.177. The molecule has 120 heavy (non-hydrogen) atoms. The summed E-state index contributed by atoms with van der Waals surface area (Å²) in [6.07, 6.45) is 2.81. The van der Waals surface area contributed by atoms with E-state index in [2.05, 4.69) is 82.5 Å². The number of esters is 1. The molecule has 1 unspecified atom stereocenters. The molecule has 19 rings (SSSR count). The van der Waals surface area contributed by atoms with Gasteiger partial charge in [-0.05, 0) is 58.4 Å². The minimum atomic E-state index is -0.987. The summed E-state index contributed by atoms with van der Waals surface area (Å²) < 4.78 is 27.7. The largest absolute Gasteiger partial charge is 0.481 e. The van der Waals surface area contributed by atoms with Crippen LogP contribution in [0.15, 0.2) is 246 Å². The van der Waals surface area contributed by atoms with E-state index in [0.29, 0.717) is 77.5 Å². The third-order valence-corrected chi connectivity index (χ3v) is 24.0. The predicted molar refractivity (Wildman–Crippen MR) is 469 cm³/mol. The fraction of sp³-hybridized carbons (Fsp3) is 0.198. The zero-order valence-corrected chi connectivity index (χ0v) is 69.5. The highest BCUT2D eigenvalue weighted by Gasteiger charge is 2.28. The molecule has 602 valence electrons. The Labute approximate surface area is 706 Å². The first-order valence-corrected chi connectivity index (χ1v) is 43.0. The van der Waals surface area contributed by atoms with Crippen LogP contribution in [0, 0.1) is 27.7 Å². The number of aliphatic carboxylic acids is 1. The number of cyclic esters (lactones) is 1. The van der Waals surface area contributed by atoms with Gasteiger partial charge in [-0.1, -0.05) is 192 Å². The number of aromatic nitrogens is 13. The fourth-order valence-electron chi connectivity index (χ4n) is 13.8. The Morgan fingerprint density at radius 2 is 0.700 bits per heavy atom. The van der Waals surface area contributed by atoms with Crippen LogP contribution in [0.5, 0.6) is 0 Å². The molecule has 29 heteroatoms. The first-order chi connectivity index (χ1) is 58.4. The number of ether oxygens (including phenoxy) is 4. The standard InChI is InChI=1S/C24H23N3O3S.C23H18N4OS2.C23H19N3O4S.C21H17N3O3S/c1-16-7-9-17(10-8-16)21-15-31-22(25-21)14-27-24(28)19-6-3-2-5-18(19)20(26-27)13-23-29-11-4-12-30-23;1-15-6-8-16(9-7-15)20-14-30-22(25-20)13-27-23(28)18-5-3-2-4-17(18)19(26-27)12-21-24-10-11-29-21;1-14-6-8-15(9-7-14)19-13-31-20(24-19)11-26-23(28)17-5-3-2-4-16(17)18(25-26)10-22-29-12-21(27)30-22;1-13-6-8-14(9-7-13)18-12-28-19(22-18)11-24-21(27)16-5-3-2-4-15(16)17(23-24)10-20(25)26/h2-3,5-10,15,23H,4,11-14H2,1H3;2-11,14H,12-13H2,1H3;2-9,13,22H,10-12H2,1H3;2-9,12H,10-11H2,1H3,(H,25,26). The molecule has 9 aromatic heterocycles. The van der Waals surface area contributed by atoms with Gasteiger partial charge in [0.25, 0.3) is 22.2 Å². The van der Waals surface area contributed by atoms with Gasteiger partial charge in [0.1, 0.15) is 26.6 Å². The summed E-state index contributed by atoms with van der Waals surface area (Å²) in [4.78, 5) is 97.8. The van der Waals surface area contributed by atoms with Crippen molar-refractivity contribution in [3.63, 3.8) is 0 Å². The SMILES string of the molecule is Cc1ccc(-c2csc(Cn3nc(CC(=O)O)c4ccccc4c3=O)n2)cc1.Cc1ccc(-c2csc(Cn3nc(CC4OCC(=O)O4)c4ccccc4c3=O)n2)cc1.Cc1ccc(-c2csc(Cn3nc(CC4OCCCO4)c4ccccc4c3=O)n2)cc1.Cc1ccc(-c2csc(Cn3nc(Cc4nccs4)c4ccccc4c3=O)n2)cc1. The van der Waals surface area contributed by atoms with Gasteiger partial charge in [0.15, 0.2) is 6.29 Å². The van der Waals surface area contributed by atoms with Crippen molar-refractivity contribution in [1.82, 2.24) is 64.0 Å². The lowest BCUT2D eigenvalue weighted by Crippen LogP contribution is -2.30. The molecule has 2 aliphatic heterocycles. The van der Waals surface area contributed by atoms with E-state index < -0.39 is 18.2 Å². The average molecular weight is 1690 g/mol. The lowest BCUT2D eigenvalue weighted by atomic mass is 10.1. The topological polar surface area (TPSA) is 295 Å². The lowest BCUT2D eigenvalue weighted by Gasteiger charge is -2.23. The molecule has 2 aliphatic rings. The second-order valence-corrected chi connectivity index (χ2v) is 33.4. The van der Waals surface area contributed by atoms with Crippen LogP contribution in [-0.4, -0.2) is 113 Å². The number of nitrogens with zero attached hydrogens (tertiary/aromatic N) is 13. The van der Waals surface area contributed by atoms with E-state index in [1.807, 2.05) is 156 Å². The molecule has 0 radical (unpaired) electrons. The zero-order valence-electron chi connectivity index (χ0n) is 65.5. The fourth-order valence-corrected chi connectivity index (χ4v) is 17.5. The monoisotopic (exact) mass is 1690 g/mol. The number of carbonyl (C=O) groups is 2. The minimum Gasteiger partial charge on any atom is -0.481 e. The van der Waals surface area contributed by atoms with E-state index in [9.17, 15) is 33.9 Å². The van der Waals surface area contributed by atoms with E-state index in [-0.39, 0.29) is 61.1 Å². The van der Waals surface area contributed by atoms with Crippen molar-refractivity contribution in [3.8, 4) is 45.0 Å². The van der Waals surface area contributed by atoms with Gasteiger partial charge in [0.05, 0.1) is 124 Å². The maximum absolute atomic E-state index is 13.1. The number of rotatable bonds is 20. The minimum absolute atomic E-state index is 0.0663. The van der Waals surface area contributed by atoms with Gasteiger partial charge in [-0.3, -0.25) is 24.0 Å². The number of fused-ring (bicyclic) bond motifs is 4. The predicted octanol–water partition coefficient (Wildman–Crippen LogP) is 15.9. The van der Waals surface area contributed by atoms with Gasteiger partial charge in [-0.15, -0.1) is 56.7 Å². The van der Waals surface area contributed by atoms with E-state index in [4.69, 9.17) is 44.1 Å². The van der Waals surface area contributed by atoms with Crippen LogP contribution >= 0.6 is 56.7 Å². The van der Waals surface area contributed by atoms with Crippen molar-refractivity contribution < 1.29 is 33.6 Å². The Hall–Kier alpha value is -12.7. The molecule has 0 amide bonds. The molecule has 0 aliphatic carbocycles. The number of hydrogen-bond acceptors (Lipinski definition) is 24. The van der Waals surface area contributed by atoms with E-state index in [1.165, 1.54) is 75.0 Å². The van der Waals surface area contributed by atoms with Crippen molar-refractivity contribution in [1.29, 1.82) is 0 Å². The molecule has 1 N–H and O–H groups in total. The van der Waals surface area contributed by atoms with Crippen LogP contribution in [0.3, 0.4) is 0 Å². The number of carboxylic acids is 1. The quantitative estimate of drug-likeness (QED) is 0.0693. The molecule has 24 nitrogen and oxygen atoms in total. The van der Waals surface area contributed by atoms with Crippen LogP contribution in [-0.2, 0) is 80.4 Å². The summed E-state index contributed by atoms with van der Waals surface area (Å²) >= 11 is 7.62. The van der Waals surface area contributed by atoms with Crippen molar-refractivity contribution >= 4 is 112 Å². The maximum Gasteiger partial charge on any atom is 0.334 e. The van der Waals surface area contributed by atoms with Gasteiger partial charge in [-0.2, -0.15) is 20.4 Å². The van der Waals surface area contributed by atoms with E-state index in [0.717, 1.165) is 104 Å².